The molecule has 0 unspecified atom stereocenters. The lowest BCUT2D eigenvalue weighted by Gasteiger charge is -2.10. The number of hydrogen-bond acceptors (Lipinski definition) is 3. The highest BCUT2D eigenvalue weighted by atomic mass is 16.2. The number of anilines is 1. The molecule has 0 bridgehead atoms. The van der Waals surface area contributed by atoms with Crippen LogP contribution in [0.4, 0.5) is 5.69 Å². The number of nitrogens with one attached hydrogen (secondary N) is 2. The number of carbonyl (C=O) groups excluding carboxylic acids is 2. The van der Waals surface area contributed by atoms with Crippen LogP contribution in [0.2, 0.25) is 0 Å². The summed E-state index contributed by atoms with van der Waals surface area (Å²) in [6.45, 7) is 0.728. The normalized spacial score (nSPS) is 13.8. The average molecular weight is 289 g/mol. The molecule has 1 aliphatic carbocycles. The lowest BCUT2D eigenvalue weighted by molar-refractivity contribution is -0.128. The van der Waals surface area contributed by atoms with Crippen molar-refractivity contribution in [2.24, 2.45) is 0 Å². The van der Waals surface area contributed by atoms with Crippen molar-refractivity contribution in [2.75, 3.05) is 26.0 Å². The fourth-order valence-corrected chi connectivity index (χ4v) is 1.94. The van der Waals surface area contributed by atoms with Gasteiger partial charge in [-0.25, -0.2) is 0 Å². The highest BCUT2D eigenvalue weighted by Gasteiger charge is 2.20. The molecule has 1 aromatic carbocycles. The van der Waals surface area contributed by atoms with E-state index < -0.39 is 0 Å². The molecule has 0 saturated heterocycles. The van der Waals surface area contributed by atoms with Gasteiger partial charge in [-0.15, -0.1) is 0 Å². The van der Waals surface area contributed by atoms with Gasteiger partial charge >= 0.3 is 0 Å². The van der Waals surface area contributed by atoms with Crippen molar-refractivity contribution < 1.29 is 9.59 Å². The Morgan fingerprint density at radius 3 is 2.43 bits per heavy atom. The summed E-state index contributed by atoms with van der Waals surface area (Å²) in [7, 11) is 3.49. The zero-order chi connectivity index (χ0) is 15.2. The summed E-state index contributed by atoms with van der Waals surface area (Å²) in [5.74, 6) is 0.0817. The first-order valence-corrected chi connectivity index (χ1v) is 7.37. The van der Waals surface area contributed by atoms with Crippen LogP contribution in [0, 0.1) is 0 Å². The summed E-state index contributed by atoms with van der Waals surface area (Å²) >= 11 is 0. The Labute approximate surface area is 125 Å². The van der Waals surface area contributed by atoms with Gasteiger partial charge in [0.25, 0.3) is 0 Å². The van der Waals surface area contributed by atoms with E-state index in [1.54, 1.807) is 19.0 Å². The van der Waals surface area contributed by atoms with Gasteiger partial charge in [0.05, 0.1) is 6.42 Å². The maximum atomic E-state index is 11.8. The number of nitrogens with zero attached hydrogens (tertiary/aromatic N) is 1. The van der Waals surface area contributed by atoms with Crippen LogP contribution in [-0.2, 0) is 16.0 Å². The summed E-state index contributed by atoms with van der Waals surface area (Å²) in [4.78, 5) is 24.9. The predicted molar refractivity (Wildman–Crippen MR) is 83.1 cm³/mol. The molecule has 0 aromatic heterocycles. The summed E-state index contributed by atoms with van der Waals surface area (Å²) in [6.07, 6.45) is 3.33. The number of likely N-dealkylation sites (N-methyl/N-ethyl adjacent to an activating group) is 1. The van der Waals surface area contributed by atoms with Crippen molar-refractivity contribution in [2.45, 2.75) is 31.7 Å². The maximum absolute atomic E-state index is 11.8. The largest absolute Gasteiger partial charge is 0.349 e. The fraction of sp³-hybridized carbons (Fsp3) is 0.500. The zero-order valence-electron chi connectivity index (χ0n) is 12.7. The lowest BCUT2D eigenvalue weighted by atomic mass is 10.1. The molecule has 1 aliphatic rings. The first kappa shape index (κ1) is 15.5. The number of carbonyl (C=O) groups is 2. The van der Waals surface area contributed by atoms with Gasteiger partial charge in [-0.05, 0) is 30.5 Å². The van der Waals surface area contributed by atoms with Crippen molar-refractivity contribution >= 4 is 17.5 Å². The van der Waals surface area contributed by atoms with E-state index in [0.717, 1.165) is 17.8 Å². The second-order valence-corrected chi connectivity index (χ2v) is 5.69. The van der Waals surface area contributed by atoms with Gasteiger partial charge < -0.3 is 15.5 Å². The number of hydrogen-bond donors (Lipinski definition) is 2. The first-order chi connectivity index (χ1) is 10.0. The van der Waals surface area contributed by atoms with Crippen molar-refractivity contribution in [3.8, 4) is 0 Å². The molecule has 0 spiro atoms. The van der Waals surface area contributed by atoms with Gasteiger partial charge in [0.2, 0.25) is 11.8 Å². The predicted octanol–water partition coefficient (Wildman–Crippen LogP) is 1.40. The summed E-state index contributed by atoms with van der Waals surface area (Å²) in [6, 6.07) is 8.06. The summed E-state index contributed by atoms with van der Waals surface area (Å²) in [5, 5.41) is 6.18. The van der Waals surface area contributed by atoms with Gasteiger partial charge in [-0.3, -0.25) is 9.59 Å². The molecule has 5 nitrogen and oxygen atoms in total. The van der Waals surface area contributed by atoms with Crippen molar-refractivity contribution in [1.82, 2.24) is 10.2 Å². The quantitative estimate of drug-likeness (QED) is 0.797. The number of rotatable bonds is 7. The van der Waals surface area contributed by atoms with Crippen molar-refractivity contribution in [3.05, 3.63) is 29.8 Å². The van der Waals surface area contributed by atoms with Crippen LogP contribution in [0.1, 0.15) is 24.8 Å². The molecule has 2 N–H and O–H groups in total. The van der Waals surface area contributed by atoms with E-state index in [4.69, 9.17) is 0 Å². The van der Waals surface area contributed by atoms with E-state index in [-0.39, 0.29) is 11.8 Å². The smallest absolute Gasteiger partial charge is 0.226 e. The third-order valence-electron chi connectivity index (χ3n) is 3.45. The van der Waals surface area contributed by atoms with Gasteiger partial charge in [0.15, 0.2) is 0 Å². The van der Waals surface area contributed by atoms with Crippen LogP contribution in [-0.4, -0.2) is 43.4 Å². The van der Waals surface area contributed by atoms with E-state index in [2.05, 4.69) is 10.6 Å². The molecule has 1 fully saturated rings. The highest BCUT2D eigenvalue weighted by molar-refractivity contribution is 5.90. The van der Waals surface area contributed by atoms with E-state index in [0.29, 0.717) is 18.9 Å². The third kappa shape index (κ3) is 5.55. The molecule has 21 heavy (non-hydrogen) atoms. The standard InChI is InChI=1S/C16H23N3O2/c1-19(2)16(21)11-12-3-5-14(6-4-12)18-15(20)9-10-17-13-7-8-13/h3-6,13,17H,7-11H2,1-2H3,(H,18,20). The van der Waals surface area contributed by atoms with Crippen LogP contribution in [0.15, 0.2) is 24.3 Å². The first-order valence-electron chi connectivity index (χ1n) is 7.37. The second kappa shape index (κ2) is 7.22. The fourth-order valence-electron chi connectivity index (χ4n) is 1.94. The Morgan fingerprint density at radius 2 is 1.86 bits per heavy atom. The molecular formula is C16H23N3O2. The molecular weight excluding hydrogens is 266 g/mol. The average Bonchev–Trinajstić information content (AvgIpc) is 3.25. The molecule has 1 saturated carbocycles. The highest BCUT2D eigenvalue weighted by Crippen LogP contribution is 2.18. The van der Waals surface area contributed by atoms with Crippen LogP contribution in [0.25, 0.3) is 0 Å². The minimum absolute atomic E-state index is 0.0141. The second-order valence-electron chi connectivity index (χ2n) is 5.69. The third-order valence-corrected chi connectivity index (χ3v) is 3.45. The van der Waals surface area contributed by atoms with Crippen LogP contribution < -0.4 is 10.6 Å². The summed E-state index contributed by atoms with van der Waals surface area (Å²) < 4.78 is 0. The molecule has 1 aromatic rings. The lowest BCUT2D eigenvalue weighted by Crippen LogP contribution is -2.23. The van der Waals surface area contributed by atoms with Gasteiger partial charge in [0, 0.05) is 38.8 Å². The Kier molecular flexibility index (Phi) is 5.33. The maximum Gasteiger partial charge on any atom is 0.226 e. The SMILES string of the molecule is CN(C)C(=O)Cc1ccc(NC(=O)CCNC2CC2)cc1. The van der Waals surface area contributed by atoms with E-state index >= 15 is 0 Å². The minimum Gasteiger partial charge on any atom is -0.349 e. The monoisotopic (exact) mass is 289 g/mol. The molecule has 0 aliphatic heterocycles. The molecule has 5 heteroatoms. The van der Waals surface area contributed by atoms with Crippen molar-refractivity contribution in [1.29, 1.82) is 0 Å². The van der Waals surface area contributed by atoms with Crippen LogP contribution in [0.5, 0.6) is 0 Å². The van der Waals surface area contributed by atoms with Crippen molar-refractivity contribution in [3.63, 3.8) is 0 Å². The molecule has 2 rings (SSSR count). The zero-order valence-corrected chi connectivity index (χ0v) is 12.7. The van der Waals surface area contributed by atoms with Gasteiger partial charge in [-0.1, -0.05) is 12.1 Å². The van der Waals surface area contributed by atoms with Gasteiger partial charge in [-0.2, -0.15) is 0 Å². The molecule has 0 radical (unpaired) electrons. The Bertz CT molecular complexity index is 493. The molecule has 0 heterocycles. The van der Waals surface area contributed by atoms with E-state index in [1.165, 1.54) is 12.8 Å². The molecule has 2 amide bonds. The van der Waals surface area contributed by atoms with E-state index in [9.17, 15) is 9.59 Å². The number of benzene rings is 1. The summed E-state index contributed by atoms with van der Waals surface area (Å²) in [5.41, 5.74) is 1.72. The minimum atomic E-state index is 0.0141. The van der Waals surface area contributed by atoms with E-state index in [1.807, 2.05) is 24.3 Å². The van der Waals surface area contributed by atoms with Crippen LogP contribution >= 0.6 is 0 Å². The molecule has 114 valence electrons. The number of amides is 2. The Morgan fingerprint density at radius 1 is 1.19 bits per heavy atom. The topological polar surface area (TPSA) is 61.4 Å². The van der Waals surface area contributed by atoms with Gasteiger partial charge in [0.1, 0.15) is 0 Å². The molecule has 0 atom stereocenters. The Hall–Kier alpha value is -1.88. The Balaban J connectivity index is 1.75. The van der Waals surface area contributed by atoms with Crippen LogP contribution in [0.3, 0.4) is 0 Å².